The van der Waals surface area contributed by atoms with Gasteiger partial charge in [-0.3, -0.25) is 0 Å². The molecule has 1 aromatic rings. The molecule has 1 fully saturated rings. The Morgan fingerprint density at radius 1 is 1.47 bits per heavy atom. The molecule has 0 aromatic heterocycles. The molecule has 17 heavy (non-hydrogen) atoms. The van der Waals surface area contributed by atoms with Gasteiger partial charge in [-0.2, -0.15) is 0 Å². The minimum atomic E-state index is -0.280. The maximum atomic E-state index is 11.7. The highest BCUT2D eigenvalue weighted by atomic mass is 16.5. The van der Waals surface area contributed by atoms with Crippen LogP contribution in [-0.2, 0) is 4.74 Å². The molecular weight excluding hydrogens is 216 g/mol. The Balaban J connectivity index is 1.85. The lowest BCUT2D eigenvalue weighted by atomic mass is 9.62. The zero-order chi connectivity index (χ0) is 12.3. The van der Waals surface area contributed by atoms with E-state index in [9.17, 15) is 9.90 Å². The van der Waals surface area contributed by atoms with Crippen LogP contribution in [0.2, 0.25) is 0 Å². The molecule has 0 spiro atoms. The molecule has 2 rings (SSSR count). The number of hydrogen-bond donors (Lipinski definition) is 1. The van der Waals surface area contributed by atoms with Crippen molar-refractivity contribution in [3.05, 3.63) is 35.9 Å². The number of ether oxygens (including phenoxy) is 1. The van der Waals surface area contributed by atoms with Gasteiger partial charge >= 0.3 is 5.97 Å². The van der Waals surface area contributed by atoms with Gasteiger partial charge in [-0.1, -0.05) is 25.1 Å². The largest absolute Gasteiger partial charge is 0.462 e. The van der Waals surface area contributed by atoms with E-state index in [4.69, 9.17) is 4.74 Å². The lowest BCUT2D eigenvalue weighted by molar-refractivity contribution is -0.0473. The van der Waals surface area contributed by atoms with Crippen molar-refractivity contribution >= 4 is 5.97 Å². The van der Waals surface area contributed by atoms with Gasteiger partial charge in [0.25, 0.3) is 0 Å². The third-order valence-electron chi connectivity index (χ3n) is 3.84. The van der Waals surface area contributed by atoms with Crippen LogP contribution in [0.15, 0.2) is 30.3 Å². The summed E-state index contributed by atoms with van der Waals surface area (Å²) in [6.07, 6.45) is 2.04. The van der Waals surface area contributed by atoms with Crippen molar-refractivity contribution in [2.24, 2.45) is 11.3 Å². The summed E-state index contributed by atoms with van der Waals surface area (Å²) in [7, 11) is 0. The van der Waals surface area contributed by atoms with Gasteiger partial charge in [0.05, 0.1) is 12.2 Å². The zero-order valence-electron chi connectivity index (χ0n) is 10.1. The molecule has 1 aliphatic rings. The predicted molar refractivity (Wildman–Crippen MR) is 64.6 cm³/mol. The molecular formula is C14H18O3. The normalized spacial score (nSPS) is 27.3. The molecule has 0 radical (unpaired) electrons. The van der Waals surface area contributed by atoms with Crippen LogP contribution < -0.4 is 0 Å². The van der Waals surface area contributed by atoms with Crippen LogP contribution in [0.3, 0.4) is 0 Å². The summed E-state index contributed by atoms with van der Waals surface area (Å²) in [4.78, 5) is 11.7. The monoisotopic (exact) mass is 234 g/mol. The second-order valence-electron chi connectivity index (χ2n) is 5.01. The molecule has 0 bridgehead atoms. The van der Waals surface area contributed by atoms with Crippen LogP contribution >= 0.6 is 0 Å². The molecule has 2 unspecified atom stereocenters. The molecule has 1 aromatic carbocycles. The minimum Gasteiger partial charge on any atom is -0.462 e. The number of carbonyl (C=O) groups excluding carboxylic acids is 1. The van der Waals surface area contributed by atoms with Gasteiger partial charge in [-0.05, 0) is 30.4 Å². The number of carbonyl (C=O) groups is 1. The van der Waals surface area contributed by atoms with Crippen molar-refractivity contribution in [1.82, 2.24) is 0 Å². The van der Waals surface area contributed by atoms with E-state index >= 15 is 0 Å². The van der Waals surface area contributed by atoms with Crippen molar-refractivity contribution in [1.29, 1.82) is 0 Å². The van der Waals surface area contributed by atoms with Gasteiger partial charge < -0.3 is 9.84 Å². The number of aliphatic hydroxyl groups excluding tert-OH is 1. The SMILES string of the molecule is CC1(CO)CCC1COC(=O)c1ccccc1. The molecule has 3 nitrogen and oxygen atoms in total. The lowest BCUT2D eigenvalue weighted by Crippen LogP contribution is -2.43. The van der Waals surface area contributed by atoms with Crippen molar-refractivity contribution in [3.8, 4) is 0 Å². The molecule has 1 aliphatic carbocycles. The molecule has 0 heterocycles. The highest BCUT2D eigenvalue weighted by Gasteiger charge is 2.42. The van der Waals surface area contributed by atoms with Gasteiger partial charge in [-0.25, -0.2) is 4.79 Å². The topological polar surface area (TPSA) is 46.5 Å². The quantitative estimate of drug-likeness (QED) is 0.813. The second kappa shape index (κ2) is 4.88. The van der Waals surface area contributed by atoms with Crippen LogP contribution in [-0.4, -0.2) is 24.3 Å². The summed E-state index contributed by atoms with van der Waals surface area (Å²) in [5.41, 5.74) is 0.522. The fourth-order valence-corrected chi connectivity index (χ4v) is 2.17. The van der Waals surface area contributed by atoms with Crippen LogP contribution in [0.4, 0.5) is 0 Å². The zero-order valence-corrected chi connectivity index (χ0v) is 10.1. The number of benzene rings is 1. The van der Waals surface area contributed by atoms with Gasteiger partial charge in [0, 0.05) is 12.5 Å². The lowest BCUT2D eigenvalue weighted by Gasteiger charge is -2.45. The summed E-state index contributed by atoms with van der Waals surface area (Å²) in [6, 6.07) is 8.99. The van der Waals surface area contributed by atoms with E-state index in [1.807, 2.05) is 25.1 Å². The van der Waals surface area contributed by atoms with Crippen LogP contribution in [0.25, 0.3) is 0 Å². The van der Waals surface area contributed by atoms with E-state index < -0.39 is 0 Å². The average Bonchev–Trinajstić information content (AvgIpc) is 2.37. The third kappa shape index (κ3) is 2.50. The molecule has 0 amide bonds. The average molecular weight is 234 g/mol. The van der Waals surface area contributed by atoms with Crippen molar-refractivity contribution < 1.29 is 14.6 Å². The summed E-state index contributed by atoms with van der Waals surface area (Å²) in [6.45, 7) is 2.61. The van der Waals surface area contributed by atoms with E-state index in [2.05, 4.69) is 0 Å². The fraction of sp³-hybridized carbons (Fsp3) is 0.500. The summed E-state index contributed by atoms with van der Waals surface area (Å²) >= 11 is 0. The van der Waals surface area contributed by atoms with Crippen molar-refractivity contribution in [2.45, 2.75) is 19.8 Å². The molecule has 2 atom stereocenters. The highest BCUT2D eigenvalue weighted by Crippen LogP contribution is 2.45. The summed E-state index contributed by atoms with van der Waals surface area (Å²) in [5, 5.41) is 9.26. The molecule has 1 saturated carbocycles. The number of esters is 1. The van der Waals surface area contributed by atoms with Gasteiger partial charge in [0.1, 0.15) is 0 Å². The number of hydrogen-bond acceptors (Lipinski definition) is 3. The number of aliphatic hydroxyl groups is 1. The van der Waals surface area contributed by atoms with E-state index in [0.717, 1.165) is 12.8 Å². The van der Waals surface area contributed by atoms with Crippen LogP contribution in [0, 0.1) is 11.3 Å². The van der Waals surface area contributed by atoms with Gasteiger partial charge in [0.2, 0.25) is 0 Å². The number of rotatable bonds is 4. The smallest absolute Gasteiger partial charge is 0.338 e. The van der Waals surface area contributed by atoms with Crippen LogP contribution in [0.5, 0.6) is 0 Å². The summed E-state index contributed by atoms with van der Waals surface area (Å²) < 4.78 is 5.28. The first-order valence-electron chi connectivity index (χ1n) is 5.99. The molecule has 0 aliphatic heterocycles. The highest BCUT2D eigenvalue weighted by molar-refractivity contribution is 5.89. The standard InChI is InChI=1S/C14H18O3/c1-14(10-15)8-7-12(14)9-17-13(16)11-5-3-2-4-6-11/h2-6,12,15H,7-10H2,1H3. The molecule has 92 valence electrons. The maximum Gasteiger partial charge on any atom is 0.338 e. The summed E-state index contributed by atoms with van der Waals surface area (Å²) in [5.74, 6) is 0.0120. The Hall–Kier alpha value is -1.35. The minimum absolute atomic E-state index is 0.0586. The van der Waals surface area contributed by atoms with E-state index in [0.29, 0.717) is 18.1 Å². The Labute approximate surface area is 101 Å². The van der Waals surface area contributed by atoms with Gasteiger partial charge in [0.15, 0.2) is 0 Å². The van der Waals surface area contributed by atoms with Crippen molar-refractivity contribution in [2.75, 3.05) is 13.2 Å². The third-order valence-corrected chi connectivity index (χ3v) is 3.84. The maximum absolute atomic E-state index is 11.7. The van der Waals surface area contributed by atoms with Crippen LogP contribution in [0.1, 0.15) is 30.1 Å². The van der Waals surface area contributed by atoms with Gasteiger partial charge in [-0.15, -0.1) is 0 Å². The van der Waals surface area contributed by atoms with Crippen molar-refractivity contribution in [3.63, 3.8) is 0 Å². The first-order chi connectivity index (χ1) is 8.15. The Bertz CT molecular complexity index is 384. The van der Waals surface area contributed by atoms with E-state index in [1.54, 1.807) is 12.1 Å². The van der Waals surface area contributed by atoms with E-state index in [1.165, 1.54) is 0 Å². The molecule has 0 saturated heterocycles. The molecule has 3 heteroatoms. The Kier molecular flexibility index (Phi) is 3.48. The fourth-order valence-electron chi connectivity index (χ4n) is 2.17. The van der Waals surface area contributed by atoms with E-state index in [-0.39, 0.29) is 18.0 Å². The second-order valence-corrected chi connectivity index (χ2v) is 5.01. The Morgan fingerprint density at radius 2 is 2.18 bits per heavy atom. The first kappa shape index (κ1) is 12.1. The Morgan fingerprint density at radius 3 is 2.71 bits per heavy atom. The first-order valence-corrected chi connectivity index (χ1v) is 5.99. The molecule has 1 N–H and O–H groups in total. The predicted octanol–water partition coefficient (Wildman–Crippen LogP) is 2.25.